The number of hydrogen-bond acceptors (Lipinski definition) is 2. The summed E-state index contributed by atoms with van der Waals surface area (Å²) >= 11 is 0. The van der Waals surface area contributed by atoms with Crippen molar-refractivity contribution < 1.29 is 9.47 Å². The molecular weight excluding hydrogens is 164 g/mol. The van der Waals surface area contributed by atoms with Crippen LogP contribution in [0, 0.1) is 5.41 Å². The van der Waals surface area contributed by atoms with Gasteiger partial charge >= 0.3 is 0 Å². The van der Waals surface area contributed by atoms with Crippen LogP contribution in [0.25, 0.3) is 0 Å². The van der Waals surface area contributed by atoms with Gasteiger partial charge in [-0.15, -0.1) is 0 Å². The lowest BCUT2D eigenvalue weighted by Gasteiger charge is -2.44. The van der Waals surface area contributed by atoms with Crippen LogP contribution >= 0.6 is 0 Å². The topological polar surface area (TPSA) is 18.5 Å². The standard InChI is InChI=1S/C11H12O2/c1-2-4-10-9(3-1)5-11(8-13-10)6-12-7-11/h1-4H,5-8H2. The molecule has 0 N–H and O–H groups in total. The molecule has 1 fully saturated rings. The number of fused-ring (bicyclic) bond motifs is 1. The Morgan fingerprint density at radius 3 is 2.69 bits per heavy atom. The van der Waals surface area contributed by atoms with E-state index in [1.807, 2.05) is 12.1 Å². The van der Waals surface area contributed by atoms with Crippen molar-refractivity contribution in [3.05, 3.63) is 29.8 Å². The third kappa shape index (κ3) is 1.05. The molecule has 2 aliphatic heterocycles. The number of para-hydroxylation sites is 1. The molecule has 13 heavy (non-hydrogen) atoms. The molecule has 0 aromatic heterocycles. The smallest absolute Gasteiger partial charge is 0.122 e. The van der Waals surface area contributed by atoms with Gasteiger partial charge in [0.25, 0.3) is 0 Å². The second-order valence-electron chi connectivity index (χ2n) is 4.07. The van der Waals surface area contributed by atoms with Crippen molar-refractivity contribution in [2.24, 2.45) is 5.41 Å². The molecule has 0 amide bonds. The van der Waals surface area contributed by atoms with E-state index in [1.54, 1.807) is 0 Å². The Bertz CT molecular complexity index is 329. The molecule has 1 aromatic rings. The van der Waals surface area contributed by atoms with Gasteiger partial charge in [-0.05, 0) is 18.1 Å². The van der Waals surface area contributed by atoms with E-state index >= 15 is 0 Å². The molecule has 0 unspecified atom stereocenters. The molecule has 2 nitrogen and oxygen atoms in total. The number of benzene rings is 1. The Morgan fingerprint density at radius 1 is 1.08 bits per heavy atom. The van der Waals surface area contributed by atoms with Crippen molar-refractivity contribution in [2.45, 2.75) is 6.42 Å². The zero-order valence-electron chi connectivity index (χ0n) is 7.45. The van der Waals surface area contributed by atoms with Crippen LogP contribution in [0.15, 0.2) is 24.3 Å². The van der Waals surface area contributed by atoms with Crippen LogP contribution in [-0.4, -0.2) is 19.8 Å². The fraction of sp³-hybridized carbons (Fsp3) is 0.455. The summed E-state index contributed by atoms with van der Waals surface area (Å²) in [4.78, 5) is 0. The Morgan fingerprint density at radius 2 is 1.92 bits per heavy atom. The van der Waals surface area contributed by atoms with Gasteiger partial charge in [0.1, 0.15) is 5.75 Å². The molecular formula is C11H12O2. The van der Waals surface area contributed by atoms with Crippen molar-refractivity contribution >= 4 is 0 Å². The summed E-state index contributed by atoms with van der Waals surface area (Å²) in [6.45, 7) is 2.55. The highest BCUT2D eigenvalue weighted by Gasteiger charge is 2.42. The van der Waals surface area contributed by atoms with Gasteiger partial charge in [-0.2, -0.15) is 0 Å². The molecule has 2 aliphatic rings. The maximum atomic E-state index is 5.70. The Hall–Kier alpha value is -1.02. The van der Waals surface area contributed by atoms with Crippen LogP contribution in [0.1, 0.15) is 5.56 Å². The van der Waals surface area contributed by atoms with Crippen LogP contribution < -0.4 is 4.74 Å². The van der Waals surface area contributed by atoms with Crippen LogP contribution in [0.3, 0.4) is 0 Å². The summed E-state index contributed by atoms with van der Waals surface area (Å²) in [6.07, 6.45) is 1.11. The first-order chi connectivity index (χ1) is 6.38. The first-order valence-corrected chi connectivity index (χ1v) is 4.67. The van der Waals surface area contributed by atoms with E-state index < -0.39 is 0 Å². The van der Waals surface area contributed by atoms with E-state index in [0.717, 1.165) is 32.0 Å². The second-order valence-corrected chi connectivity index (χ2v) is 4.07. The van der Waals surface area contributed by atoms with Crippen LogP contribution in [-0.2, 0) is 11.2 Å². The molecule has 2 heterocycles. The lowest BCUT2D eigenvalue weighted by molar-refractivity contribution is -0.137. The normalized spacial score (nSPS) is 23.1. The molecule has 68 valence electrons. The molecule has 0 bridgehead atoms. The largest absolute Gasteiger partial charge is 0.493 e. The Labute approximate surface area is 77.5 Å². The zero-order chi connectivity index (χ0) is 8.73. The van der Waals surface area contributed by atoms with Crippen LogP contribution in [0.2, 0.25) is 0 Å². The summed E-state index contributed by atoms with van der Waals surface area (Å²) in [5.41, 5.74) is 1.63. The molecule has 3 rings (SSSR count). The van der Waals surface area contributed by atoms with Crippen molar-refractivity contribution in [1.82, 2.24) is 0 Å². The molecule has 2 heteroatoms. The van der Waals surface area contributed by atoms with E-state index in [-0.39, 0.29) is 0 Å². The van der Waals surface area contributed by atoms with Crippen LogP contribution in [0.5, 0.6) is 5.75 Å². The monoisotopic (exact) mass is 176 g/mol. The van der Waals surface area contributed by atoms with E-state index in [9.17, 15) is 0 Å². The quantitative estimate of drug-likeness (QED) is 0.598. The fourth-order valence-electron chi connectivity index (χ4n) is 2.05. The van der Waals surface area contributed by atoms with Gasteiger partial charge in [0.15, 0.2) is 0 Å². The summed E-state index contributed by atoms with van der Waals surface area (Å²) in [5, 5.41) is 0. The van der Waals surface area contributed by atoms with Gasteiger partial charge in [0.2, 0.25) is 0 Å². The summed E-state index contributed by atoms with van der Waals surface area (Å²) in [5.74, 6) is 1.06. The van der Waals surface area contributed by atoms with Gasteiger partial charge in [0.05, 0.1) is 25.2 Å². The first kappa shape index (κ1) is 7.39. The second kappa shape index (κ2) is 2.48. The van der Waals surface area contributed by atoms with Crippen molar-refractivity contribution in [2.75, 3.05) is 19.8 Å². The Kier molecular flexibility index (Phi) is 1.41. The van der Waals surface area contributed by atoms with E-state index in [1.165, 1.54) is 5.56 Å². The van der Waals surface area contributed by atoms with Crippen molar-refractivity contribution in [3.63, 3.8) is 0 Å². The van der Waals surface area contributed by atoms with E-state index in [4.69, 9.17) is 9.47 Å². The summed E-state index contributed by atoms with van der Waals surface area (Å²) in [7, 11) is 0. The molecule has 0 radical (unpaired) electrons. The highest BCUT2D eigenvalue weighted by atomic mass is 16.5. The fourth-order valence-corrected chi connectivity index (χ4v) is 2.05. The SMILES string of the molecule is c1ccc2c(c1)CC1(COC1)CO2. The zero-order valence-corrected chi connectivity index (χ0v) is 7.45. The van der Waals surface area contributed by atoms with Crippen molar-refractivity contribution in [3.8, 4) is 5.75 Å². The molecule has 0 aliphatic carbocycles. The first-order valence-electron chi connectivity index (χ1n) is 4.67. The number of rotatable bonds is 0. The lowest BCUT2D eigenvalue weighted by Crippen LogP contribution is -2.50. The van der Waals surface area contributed by atoms with Gasteiger partial charge in [-0.3, -0.25) is 0 Å². The Balaban J connectivity index is 1.94. The molecule has 1 aromatic carbocycles. The minimum absolute atomic E-state index is 0.300. The lowest BCUT2D eigenvalue weighted by atomic mass is 9.79. The van der Waals surface area contributed by atoms with E-state index in [2.05, 4.69) is 12.1 Å². The highest BCUT2D eigenvalue weighted by molar-refractivity contribution is 5.36. The number of ether oxygens (including phenoxy) is 2. The maximum Gasteiger partial charge on any atom is 0.122 e. The van der Waals surface area contributed by atoms with Crippen molar-refractivity contribution in [1.29, 1.82) is 0 Å². The van der Waals surface area contributed by atoms with Gasteiger partial charge in [0, 0.05) is 0 Å². The summed E-state index contributed by atoms with van der Waals surface area (Å²) in [6, 6.07) is 8.28. The molecule has 1 saturated heterocycles. The number of hydrogen-bond donors (Lipinski definition) is 0. The summed E-state index contributed by atoms with van der Waals surface area (Å²) < 4.78 is 11.0. The minimum Gasteiger partial charge on any atom is -0.493 e. The van der Waals surface area contributed by atoms with Gasteiger partial charge in [-0.1, -0.05) is 18.2 Å². The maximum absolute atomic E-state index is 5.70. The van der Waals surface area contributed by atoms with Crippen LogP contribution in [0.4, 0.5) is 0 Å². The highest BCUT2D eigenvalue weighted by Crippen LogP contribution is 2.39. The molecule has 1 spiro atoms. The predicted molar refractivity (Wildman–Crippen MR) is 48.9 cm³/mol. The minimum atomic E-state index is 0.300. The van der Waals surface area contributed by atoms with Gasteiger partial charge < -0.3 is 9.47 Å². The molecule has 0 atom stereocenters. The predicted octanol–water partition coefficient (Wildman–Crippen LogP) is 1.64. The van der Waals surface area contributed by atoms with Gasteiger partial charge in [-0.25, -0.2) is 0 Å². The van der Waals surface area contributed by atoms with E-state index in [0.29, 0.717) is 5.41 Å². The molecule has 0 saturated carbocycles. The average molecular weight is 176 g/mol. The average Bonchev–Trinajstić information content (AvgIpc) is 2.15. The third-order valence-corrected chi connectivity index (χ3v) is 2.89. The third-order valence-electron chi connectivity index (χ3n) is 2.89.